The Bertz CT molecular complexity index is 571. The Morgan fingerprint density at radius 1 is 1.27 bits per heavy atom. The predicted octanol–water partition coefficient (Wildman–Crippen LogP) is 2.31. The number of piperidine rings is 1. The number of hydrogen-bond donors (Lipinski definition) is 2. The van der Waals surface area contributed by atoms with Gasteiger partial charge in [-0.2, -0.15) is 0 Å². The number of carbonyl (C=O) groups is 1. The summed E-state index contributed by atoms with van der Waals surface area (Å²) < 4.78 is 11.0. The normalized spacial score (nSPS) is 16.3. The molecule has 1 atom stereocenters. The standard InChI is InChI=1S/C20H32N2O4/c1-15(2)14-26-19-11-17(25-3)7-8-18(19)20(24)21-12-16(23)13-22-9-5-4-6-10-22/h7-8,11,15-16,23H,4-6,9-10,12-14H2,1-3H3,(H,21,24)/t16-/m1/s1. The molecule has 6 heteroatoms. The van der Waals surface area contributed by atoms with Crippen LogP contribution in [-0.2, 0) is 0 Å². The number of likely N-dealkylation sites (tertiary alicyclic amines) is 1. The number of methoxy groups -OCH3 is 1. The molecule has 1 aromatic rings. The van der Waals surface area contributed by atoms with E-state index in [-0.39, 0.29) is 12.5 Å². The van der Waals surface area contributed by atoms with Gasteiger partial charge in [0.1, 0.15) is 11.5 Å². The van der Waals surface area contributed by atoms with Crippen molar-refractivity contribution in [3.63, 3.8) is 0 Å². The Labute approximate surface area is 156 Å². The molecule has 1 aliphatic rings. The molecule has 0 aliphatic carbocycles. The number of ether oxygens (including phenoxy) is 2. The molecule has 1 saturated heterocycles. The SMILES string of the molecule is COc1ccc(C(=O)NC[C@@H](O)CN2CCCCC2)c(OCC(C)C)c1. The van der Waals surface area contributed by atoms with Crippen molar-refractivity contribution in [2.45, 2.75) is 39.2 Å². The number of amides is 1. The number of rotatable bonds is 9. The fourth-order valence-electron chi connectivity index (χ4n) is 3.00. The number of β-amino-alcohol motifs (C(OH)–C–C–N with tert-alkyl or cyclic N) is 1. The van der Waals surface area contributed by atoms with Crippen molar-refractivity contribution in [3.8, 4) is 11.5 Å². The van der Waals surface area contributed by atoms with Crippen molar-refractivity contribution in [2.75, 3.05) is 39.9 Å². The van der Waals surface area contributed by atoms with Crippen LogP contribution in [0, 0.1) is 5.92 Å². The summed E-state index contributed by atoms with van der Waals surface area (Å²) in [5.74, 6) is 1.25. The van der Waals surface area contributed by atoms with E-state index in [2.05, 4.69) is 24.1 Å². The summed E-state index contributed by atoms with van der Waals surface area (Å²) >= 11 is 0. The van der Waals surface area contributed by atoms with Gasteiger partial charge in [-0.15, -0.1) is 0 Å². The summed E-state index contributed by atoms with van der Waals surface area (Å²) in [6, 6.07) is 5.16. The predicted molar refractivity (Wildman–Crippen MR) is 102 cm³/mol. The summed E-state index contributed by atoms with van der Waals surface area (Å²) in [5.41, 5.74) is 0.455. The van der Waals surface area contributed by atoms with E-state index in [9.17, 15) is 9.90 Å². The lowest BCUT2D eigenvalue weighted by atomic mass is 10.1. The lowest BCUT2D eigenvalue weighted by Crippen LogP contribution is -2.42. The monoisotopic (exact) mass is 364 g/mol. The molecular formula is C20H32N2O4. The highest BCUT2D eigenvalue weighted by Gasteiger charge is 2.18. The second-order valence-electron chi connectivity index (χ2n) is 7.29. The Morgan fingerprint density at radius 3 is 2.65 bits per heavy atom. The largest absolute Gasteiger partial charge is 0.497 e. The highest BCUT2D eigenvalue weighted by atomic mass is 16.5. The molecule has 0 saturated carbocycles. The maximum Gasteiger partial charge on any atom is 0.255 e. The number of benzene rings is 1. The summed E-state index contributed by atoms with van der Waals surface area (Å²) in [5, 5.41) is 13.0. The van der Waals surface area contributed by atoms with Crippen LogP contribution in [-0.4, -0.2) is 61.9 Å². The first-order chi connectivity index (χ1) is 12.5. The highest BCUT2D eigenvalue weighted by Crippen LogP contribution is 2.25. The fourth-order valence-corrected chi connectivity index (χ4v) is 3.00. The molecule has 1 aliphatic heterocycles. The van der Waals surface area contributed by atoms with Crippen LogP contribution in [0.3, 0.4) is 0 Å². The Hall–Kier alpha value is -1.79. The summed E-state index contributed by atoms with van der Waals surface area (Å²) in [6.07, 6.45) is 3.05. The molecule has 1 heterocycles. The van der Waals surface area contributed by atoms with Gasteiger partial charge in [-0.25, -0.2) is 0 Å². The number of nitrogens with zero attached hydrogens (tertiary/aromatic N) is 1. The molecule has 146 valence electrons. The Balaban J connectivity index is 1.92. The molecule has 1 fully saturated rings. The quantitative estimate of drug-likeness (QED) is 0.704. The molecule has 0 aromatic heterocycles. The minimum absolute atomic E-state index is 0.227. The molecule has 1 aromatic carbocycles. The molecule has 0 unspecified atom stereocenters. The van der Waals surface area contributed by atoms with Gasteiger partial charge in [0.2, 0.25) is 0 Å². The van der Waals surface area contributed by atoms with E-state index in [4.69, 9.17) is 9.47 Å². The van der Waals surface area contributed by atoms with Crippen molar-refractivity contribution in [2.24, 2.45) is 5.92 Å². The Morgan fingerprint density at radius 2 is 2.00 bits per heavy atom. The van der Waals surface area contributed by atoms with Gasteiger partial charge in [-0.05, 0) is 44.0 Å². The van der Waals surface area contributed by atoms with Crippen molar-refractivity contribution in [1.82, 2.24) is 10.2 Å². The van der Waals surface area contributed by atoms with Gasteiger partial charge < -0.3 is 24.8 Å². The van der Waals surface area contributed by atoms with Crippen molar-refractivity contribution in [3.05, 3.63) is 23.8 Å². The van der Waals surface area contributed by atoms with Gasteiger partial charge in [0.15, 0.2) is 0 Å². The zero-order chi connectivity index (χ0) is 18.9. The van der Waals surface area contributed by atoms with Gasteiger partial charge >= 0.3 is 0 Å². The van der Waals surface area contributed by atoms with Crippen LogP contribution in [0.15, 0.2) is 18.2 Å². The smallest absolute Gasteiger partial charge is 0.255 e. The third kappa shape index (κ3) is 6.50. The summed E-state index contributed by atoms with van der Waals surface area (Å²) in [6.45, 7) is 7.50. The van der Waals surface area contributed by atoms with Gasteiger partial charge in [0, 0.05) is 19.2 Å². The van der Waals surface area contributed by atoms with Crippen LogP contribution in [0.25, 0.3) is 0 Å². The van der Waals surface area contributed by atoms with Gasteiger partial charge in [0.25, 0.3) is 5.91 Å². The van der Waals surface area contributed by atoms with E-state index in [1.807, 2.05) is 0 Å². The number of nitrogens with one attached hydrogen (secondary N) is 1. The zero-order valence-electron chi connectivity index (χ0n) is 16.2. The molecule has 1 amide bonds. The number of aliphatic hydroxyl groups excluding tert-OH is 1. The minimum atomic E-state index is -0.574. The van der Waals surface area contributed by atoms with E-state index in [0.29, 0.717) is 36.1 Å². The van der Waals surface area contributed by atoms with E-state index < -0.39 is 6.10 Å². The lowest BCUT2D eigenvalue weighted by molar-refractivity contribution is 0.0827. The molecule has 26 heavy (non-hydrogen) atoms. The average Bonchev–Trinajstić information content (AvgIpc) is 2.65. The maximum absolute atomic E-state index is 12.5. The van der Waals surface area contributed by atoms with Crippen molar-refractivity contribution in [1.29, 1.82) is 0 Å². The van der Waals surface area contributed by atoms with Crippen LogP contribution in [0.4, 0.5) is 0 Å². The second kappa shape index (κ2) is 10.4. The number of carbonyl (C=O) groups excluding carboxylic acids is 1. The second-order valence-corrected chi connectivity index (χ2v) is 7.29. The summed E-state index contributed by atoms with van der Waals surface area (Å²) in [4.78, 5) is 14.8. The molecule has 2 N–H and O–H groups in total. The van der Waals surface area contributed by atoms with Crippen LogP contribution >= 0.6 is 0 Å². The van der Waals surface area contributed by atoms with E-state index in [1.54, 1.807) is 25.3 Å². The first-order valence-electron chi connectivity index (χ1n) is 9.49. The first kappa shape index (κ1) is 20.5. The van der Waals surface area contributed by atoms with E-state index >= 15 is 0 Å². The van der Waals surface area contributed by atoms with Crippen LogP contribution in [0.1, 0.15) is 43.5 Å². The molecule has 0 radical (unpaired) electrons. The molecule has 0 bridgehead atoms. The number of aliphatic hydroxyl groups is 1. The first-order valence-corrected chi connectivity index (χ1v) is 9.49. The van der Waals surface area contributed by atoms with Crippen LogP contribution in [0.5, 0.6) is 11.5 Å². The third-order valence-electron chi connectivity index (χ3n) is 4.42. The van der Waals surface area contributed by atoms with Gasteiger partial charge in [-0.3, -0.25) is 4.79 Å². The lowest BCUT2D eigenvalue weighted by Gasteiger charge is -2.28. The fraction of sp³-hybridized carbons (Fsp3) is 0.650. The number of hydrogen-bond acceptors (Lipinski definition) is 5. The maximum atomic E-state index is 12.5. The highest BCUT2D eigenvalue weighted by molar-refractivity contribution is 5.97. The van der Waals surface area contributed by atoms with E-state index in [1.165, 1.54) is 19.3 Å². The Kier molecular flexibility index (Phi) is 8.19. The van der Waals surface area contributed by atoms with Crippen molar-refractivity contribution < 1.29 is 19.4 Å². The van der Waals surface area contributed by atoms with Crippen molar-refractivity contribution >= 4 is 5.91 Å². The van der Waals surface area contributed by atoms with E-state index in [0.717, 1.165) is 13.1 Å². The summed E-state index contributed by atoms with van der Waals surface area (Å²) in [7, 11) is 1.58. The van der Waals surface area contributed by atoms with Gasteiger partial charge in [-0.1, -0.05) is 20.3 Å². The molecule has 6 nitrogen and oxygen atoms in total. The van der Waals surface area contributed by atoms with Crippen LogP contribution in [0.2, 0.25) is 0 Å². The third-order valence-corrected chi connectivity index (χ3v) is 4.42. The molecule has 0 spiro atoms. The zero-order valence-corrected chi connectivity index (χ0v) is 16.2. The average molecular weight is 364 g/mol. The molecular weight excluding hydrogens is 332 g/mol. The topological polar surface area (TPSA) is 71.0 Å². The molecule has 2 rings (SSSR count). The van der Waals surface area contributed by atoms with Crippen LogP contribution < -0.4 is 14.8 Å². The van der Waals surface area contributed by atoms with Gasteiger partial charge in [0.05, 0.1) is 25.4 Å². The minimum Gasteiger partial charge on any atom is -0.497 e.